The van der Waals surface area contributed by atoms with Gasteiger partial charge < -0.3 is 15.0 Å². The van der Waals surface area contributed by atoms with Crippen LogP contribution in [0.1, 0.15) is 24.0 Å². The fraction of sp³-hybridized carbons (Fsp3) is 0.529. The van der Waals surface area contributed by atoms with E-state index in [9.17, 15) is 9.59 Å². The molecule has 1 fully saturated rings. The molecule has 1 aromatic carbocycles. The molecule has 1 N–H and O–H groups in total. The maximum absolute atomic E-state index is 12.3. The lowest BCUT2D eigenvalue weighted by Crippen LogP contribution is -2.43. The van der Waals surface area contributed by atoms with Gasteiger partial charge in [0.05, 0.1) is 19.6 Å². The van der Waals surface area contributed by atoms with Crippen LogP contribution < -0.4 is 5.32 Å². The molecule has 0 bridgehead atoms. The molecule has 120 valence electrons. The third-order valence-corrected chi connectivity index (χ3v) is 4.28. The maximum atomic E-state index is 12.3. The second-order valence-corrected chi connectivity index (χ2v) is 5.80. The average molecular weight is 304 g/mol. The number of benzene rings is 1. The van der Waals surface area contributed by atoms with Crippen LogP contribution in [0, 0.1) is 19.8 Å². The highest BCUT2D eigenvalue weighted by Crippen LogP contribution is 2.21. The molecule has 5 heteroatoms. The number of anilines is 1. The number of carbonyl (C=O) groups is 2. The Morgan fingerprint density at radius 2 is 1.82 bits per heavy atom. The number of likely N-dealkylation sites (tertiary alicyclic amines) is 1. The van der Waals surface area contributed by atoms with E-state index in [2.05, 4.69) is 5.32 Å². The van der Waals surface area contributed by atoms with Crippen LogP contribution in [0.5, 0.6) is 0 Å². The minimum absolute atomic E-state index is 0.0689. The summed E-state index contributed by atoms with van der Waals surface area (Å²) in [5.74, 6) is -0.160. The van der Waals surface area contributed by atoms with Crippen molar-refractivity contribution in [3.63, 3.8) is 0 Å². The van der Waals surface area contributed by atoms with E-state index < -0.39 is 0 Å². The van der Waals surface area contributed by atoms with Crippen molar-refractivity contribution in [2.75, 3.05) is 32.1 Å². The van der Waals surface area contributed by atoms with Crippen LogP contribution in [0.25, 0.3) is 0 Å². The molecule has 0 radical (unpaired) electrons. The van der Waals surface area contributed by atoms with Crippen molar-refractivity contribution in [3.05, 3.63) is 29.3 Å². The first kappa shape index (κ1) is 16.3. The number of carbonyl (C=O) groups excluding carboxylic acids is 2. The standard InChI is InChI=1S/C17H24N2O3/c1-12-5-4-6-13(2)16(12)18-11-15(20)19-9-7-14(8-10-19)17(21)22-3/h4-6,14,18H,7-11H2,1-3H3. The predicted octanol–water partition coefficient (Wildman–Crippen LogP) is 2.13. The Balaban J connectivity index is 1.85. The summed E-state index contributed by atoms with van der Waals surface area (Å²) in [4.78, 5) is 25.6. The summed E-state index contributed by atoms with van der Waals surface area (Å²) in [6, 6.07) is 6.07. The van der Waals surface area contributed by atoms with Crippen LogP contribution in [0.15, 0.2) is 18.2 Å². The van der Waals surface area contributed by atoms with Gasteiger partial charge in [-0.1, -0.05) is 18.2 Å². The van der Waals surface area contributed by atoms with E-state index >= 15 is 0 Å². The topological polar surface area (TPSA) is 58.6 Å². The molecule has 1 aliphatic heterocycles. The summed E-state index contributed by atoms with van der Waals surface area (Å²) in [5.41, 5.74) is 3.30. The summed E-state index contributed by atoms with van der Waals surface area (Å²) < 4.78 is 4.76. The number of hydrogen-bond acceptors (Lipinski definition) is 4. The number of rotatable bonds is 4. The third kappa shape index (κ3) is 3.78. The summed E-state index contributed by atoms with van der Waals surface area (Å²) in [5, 5.41) is 3.24. The van der Waals surface area contributed by atoms with Crippen molar-refractivity contribution in [2.45, 2.75) is 26.7 Å². The molecule has 0 aliphatic carbocycles. The van der Waals surface area contributed by atoms with E-state index in [0.717, 1.165) is 16.8 Å². The lowest BCUT2D eigenvalue weighted by molar-refractivity contribution is -0.148. The minimum atomic E-state index is -0.166. The summed E-state index contributed by atoms with van der Waals surface area (Å²) in [6.07, 6.45) is 1.36. The highest BCUT2D eigenvalue weighted by atomic mass is 16.5. The molecule has 0 atom stereocenters. The van der Waals surface area contributed by atoms with Crippen molar-refractivity contribution in [2.24, 2.45) is 5.92 Å². The van der Waals surface area contributed by atoms with Gasteiger partial charge in [-0.25, -0.2) is 0 Å². The van der Waals surface area contributed by atoms with Gasteiger partial charge in [-0.2, -0.15) is 0 Å². The Bertz CT molecular complexity index is 529. The normalized spacial score (nSPS) is 15.5. The van der Waals surface area contributed by atoms with Gasteiger partial charge in [0, 0.05) is 18.8 Å². The van der Waals surface area contributed by atoms with E-state index in [1.54, 1.807) is 0 Å². The molecule has 22 heavy (non-hydrogen) atoms. The number of piperidine rings is 1. The van der Waals surface area contributed by atoms with Crippen LogP contribution in [0.2, 0.25) is 0 Å². The lowest BCUT2D eigenvalue weighted by atomic mass is 9.97. The van der Waals surface area contributed by atoms with E-state index in [-0.39, 0.29) is 24.3 Å². The number of ether oxygens (including phenoxy) is 1. The number of nitrogens with zero attached hydrogens (tertiary/aromatic N) is 1. The molecular weight excluding hydrogens is 280 g/mol. The van der Waals surface area contributed by atoms with Crippen LogP contribution in [-0.2, 0) is 14.3 Å². The smallest absolute Gasteiger partial charge is 0.308 e. The summed E-state index contributed by atoms with van der Waals surface area (Å²) in [6.45, 7) is 5.58. The highest BCUT2D eigenvalue weighted by molar-refractivity contribution is 5.82. The zero-order valence-electron chi connectivity index (χ0n) is 13.5. The number of aryl methyl sites for hydroxylation is 2. The van der Waals surface area contributed by atoms with Gasteiger partial charge in [0.15, 0.2) is 0 Å². The van der Waals surface area contributed by atoms with Crippen LogP contribution in [0.3, 0.4) is 0 Å². The molecule has 1 saturated heterocycles. The fourth-order valence-corrected chi connectivity index (χ4v) is 2.90. The van der Waals surface area contributed by atoms with Gasteiger partial charge in [0.1, 0.15) is 0 Å². The molecule has 1 heterocycles. The van der Waals surface area contributed by atoms with Gasteiger partial charge in [-0.15, -0.1) is 0 Å². The molecule has 0 saturated carbocycles. The average Bonchev–Trinajstić information content (AvgIpc) is 2.53. The Hall–Kier alpha value is -2.04. The third-order valence-electron chi connectivity index (χ3n) is 4.28. The van der Waals surface area contributed by atoms with Crippen molar-refractivity contribution in [1.29, 1.82) is 0 Å². The lowest BCUT2D eigenvalue weighted by Gasteiger charge is -2.31. The molecule has 2 rings (SSSR count). The molecule has 0 spiro atoms. The van der Waals surface area contributed by atoms with Crippen molar-refractivity contribution in [3.8, 4) is 0 Å². The Morgan fingerprint density at radius 3 is 2.36 bits per heavy atom. The van der Waals surface area contributed by atoms with Crippen molar-refractivity contribution >= 4 is 17.6 Å². The Labute approximate surface area is 131 Å². The van der Waals surface area contributed by atoms with E-state index in [1.807, 2.05) is 36.9 Å². The number of hydrogen-bond donors (Lipinski definition) is 1. The number of para-hydroxylation sites is 1. The first-order valence-electron chi connectivity index (χ1n) is 7.68. The number of nitrogens with one attached hydrogen (secondary N) is 1. The number of amides is 1. The summed E-state index contributed by atoms with van der Waals surface area (Å²) >= 11 is 0. The van der Waals surface area contributed by atoms with Gasteiger partial charge in [-0.05, 0) is 37.8 Å². The fourth-order valence-electron chi connectivity index (χ4n) is 2.90. The van der Waals surface area contributed by atoms with Crippen molar-refractivity contribution in [1.82, 2.24) is 4.90 Å². The second-order valence-electron chi connectivity index (χ2n) is 5.80. The zero-order chi connectivity index (χ0) is 16.1. The quantitative estimate of drug-likeness (QED) is 0.866. The van der Waals surface area contributed by atoms with Crippen LogP contribution in [0.4, 0.5) is 5.69 Å². The first-order valence-corrected chi connectivity index (χ1v) is 7.68. The summed E-state index contributed by atoms with van der Waals surface area (Å²) in [7, 11) is 1.41. The second kappa shape index (κ2) is 7.29. The van der Waals surface area contributed by atoms with Gasteiger partial charge >= 0.3 is 5.97 Å². The van der Waals surface area contributed by atoms with Crippen LogP contribution in [-0.4, -0.2) is 43.5 Å². The van der Waals surface area contributed by atoms with Gasteiger partial charge in [0.2, 0.25) is 5.91 Å². The maximum Gasteiger partial charge on any atom is 0.308 e. The first-order chi connectivity index (χ1) is 10.5. The van der Waals surface area contributed by atoms with E-state index in [4.69, 9.17) is 4.74 Å². The van der Waals surface area contributed by atoms with Crippen LogP contribution >= 0.6 is 0 Å². The largest absolute Gasteiger partial charge is 0.469 e. The van der Waals surface area contributed by atoms with Gasteiger partial charge in [0.25, 0.3) is 0 Å². The number of esters is 1. The minimum Gasteiger partial charge on any atom is -0.469 e. The Morgan fingerprint density at radius 1 is 1.23 bits per heavy atom. The monoisotopic (exact) mass is 304 g/mol. The Kier molecular flexibility index (Phi) is 5.41. The molecule has 1 amide bonds. The molecule has 1 aromatic rings. The SMILES string of the molecule is COC(=O)C1CCN(C(=O)CNc2c(C)cccc2C)CC1. The molecular formula is C17H24N2O3. The van der Waals surface area contributed by atoms with Gasteiger partial charge in [-0.3, -0.25) is 9.59 Å². The van der Waals surface area contributed by atoms with E-state index in [1.165, 1.54) is 7.11 Å². The molecule has 1 aliphatic rings. The number of methoxy groups -OCH3 is 1. The molecule has 0 aromatic heterocycles. The predicted molar refractivity (Wildman–Crippen MR) is 85.7 cm³/mol. The molecule has 5 nitrogen and oxygen atoms in total. The van der Waals surface area contributed by atoms with Crippen molar-refractivity contribution < 1.29 is 14.3 Å². The van der Waals surface area contributed by atoms with E-state index in [0.29, 0.717) is 25.9 Å². The molecule has 0 unspecified atom stereocenters. The highest BCUT2D eigenvalue weighted by Gasteiger charge is 2.27. The zero-order valence-corrected chi connectivity index (χ0v) is 13.5.